The van der Waals surface area contributed by atoms with Crippen LogP contribution in [0.25, 0.3) is 0 Å². The fraction of sp³-hybridized carbons (Fsp3) is 0.810. The smallest absolute Gasteiger partial charge is 0.465 e. The molecule has 11 heteroatoms. The topological polar surface area (TPSA) is 168 Å². The zero-order valence-corrected chi connectivity index (χ0v) is 20.7. The van der Waals surface area contributed by atoms with E-state index in [-0.39, 0.29) is 64.3 Å². The van der Waals surface area contributed by atoms with Gasteiger partial charge in [0.25, 0.3) is 0 Å². The van der Waals surface area contributed by atoms with Gasteiger partial charge in [0, 0.05) is 24.5 Å². The lowest BCUT2D eigenvalue weighted by molar-refractivity contribution is -0.165. The van der Waals surface area contributed by atoms with Crippen molar-refractivity contribution in [1.29, 1.82) is 0 Å². The Kier molecular flexibility index (Phi) is 11.9. The molecule has 0 aliphatic carbocycles. The molecule has 0 aliphatic heterocycles. The molecule has 0 heterocycles. The molecule has 32 heavy (non-hydrogen) atoms. The first-order chi connectivity index (χ1) is 14.6. The zero-order valence-electron chi connectivity index (χ0n) is 19.7. The number of rotatable bonds is 16. The summed E-state index contributed by atoms with van der Waals surface area (Å²) >= 11 is 0. The average molecular weight is 479 g/mol. The Bertz CT molecular complexity index is 657. The first-order valence-corrected chi connectivity index (χ1v) is 12.7. The number of aldehydes is 1. The first kappa shape index (κ1) is 30.3. The predicted molar refractivity (Wildman–Crippen MR) is 116 cm³/mol. The molecule has 186 valence electrons. The molecule has 0 aromatic rings. The van der Waals surface area contributed by atoms with Crippen molar-refractivity contribution in [3.8, 4) is 0 Å². The summed E-state index contributed by atoms with van der Waals surface area (Å²) in [6.07, 6.45) is 0.687. The van der Waals surface area contributed by atoms with Crippen LogP contribution in [0.15, 0.2) is 0 Å². The fourth-order valence-electron chi connectivity index (χ4n) is 3.72. The standard InChI is InChI=1S/C21H38O10Si/c1-6-20(4,16(24)13-23)15-21(5,18(26)31-11-8-12-32(27,28)29)14-19(2,3)17(25)30-10-7-9-22/h13,22,27-29H,6-12,14-15H2,1-5H3. The third-order valence-corrected chi connectivity index (χ3v) is 6.59. The molecule has 0 amide bonds. The first-order valence-electron chi connectivity index (χ1n) is 10.7. The largest absolute Gasteiger partial charge is 0.492 e. The zero-order chi connectivity index (χ0) is 25.2. The van der Waals surface area contributed by atoms with Crippen LogP contribution in [-0.2, 0) is 28.7 Å². The number of Topliss-reactive ketones (excluding diaryl/α,β-unsaturated/α-hetero) is 1. The molecule has 0 fully saturated rings. The minimum Gasteiger partial charge on any atom is -0.465 e. The average Bonchev–Trinajstić information content (AvgIpc) is 2.68. The van der Waals surface area contributed by atoms with Gasteiger partial charge in [-0.15, -0.1) is 0 Å². The number of aliphatic hydroxyl groups excluding tert-OH is 1. The summed E-state index contributed by atoms with van der Waals surface area (Å²) in [5.41, 5.74) is -3.66. The summed E-state index contributed by atoms with van der Waals surface area (Å²) in [6.45, 7) is 7.71. The van der Waals surface area contributed by atoms with Crippen molar-refractivity contribution in [3.63, 3.8) is 0 Å². The molecule has 0 aromatic heterocycles. The lowest BCUT2D eigenvalue weighted by atomic mass is 9.64. The lowest BCUT2D eigenvalue weighted by Crippen LogP contribution is -2.44. The number of hydrogen-bond acceptors (Lipinski definition) is 10. The maximum absolute atomic E-state index is 13.1. The summed E-state index contributed by atoms with van der Waals surface area (Å²) in [7, 11) is -4.26. The van der Waals surface area contributed by atoms with Crippen LogP contribution < -0.4 is 0 Å². The van der Waals surface area contributed by atoms with Crippen LogP contribution in [-0.4, -0.2) is 72.1 Å². The Hall–Kier alpha value is -1.66. The van der Waals surface area contributed by atoms with E-state index in [1.54, 1.807) is 34.6 Å². The number of aliphatic hydroxyl groups is 1. The minimum atomic E-state index is -4.26. The predicted octanol–water partition coefficient (Wildman–Crippen LogP) is 0.758. The molecule has 2 atom stereocenters. The van der Waals surface area contributed by atoms with E-state index in [1.807, 2.05) is 0 Å². The minimum absolute atomic E-state index is 0.0163. The van der Waals surface area contributed by atoms with E-state index < -0.39 is 42.8 Å². The quantitative estimate of drug-likeness (QED) is 0.0817. The van der Waals surface area contributed by atoms with Gasteiger partial charge in [-0.05, 0) is 46.5 Å². The summed E-state index contributed by atoms with van der Waals surface area (Å²) in [5, 5.41) is 8.87. The second-order valence-electron chi connectivity index (χ2n) is 9.42. The Morgan fingerprint density at radius 2 is 1.41 bits per heavy atom. The van der Waals surface area contributed by atoms with Gasteiger partial charge < -0.3 is 29.0 Å². The molecule has 0 aliphatic rings. The highest BCUT2D eigenvalue weighted by Gasteiger charge is 2.49. The van der Waals surface area contributed by atoms with E-state index in [0.29, 0.717) is 0 Å². The van der Waals surface area contributed by atoms with Crippen molar-refractivity contribution in [2.45, 2.75) is 72.8 Å². The van der Waals surface area contributed by atoms with Crippen molar-refractivity contribution in [2.24, 2.45) is 16.2 Å². The molecule has 4 N–H and O–H groups in total. The van der Waals surface area contributed by atoms with Gasteiger partial charge in [-0.2, -0.15) is 0 Å². The number of esters is 2. The van der Waals surface area contributed by atoms with Gasteiger partial charge in [0.05, 0.1) is 24.0 Å². The van der Waals surface area contributed by atoms with Crippen LogP contribution in [0.4, 0.5) is 0 Å². The van der Waals surface area contributed by atoms with Gasteiger partial charge in [-0.3, -0.25) is 19.2 Å². The SMILES string of the molecule is CCC(C)(CC(C)(CC(C)(C)C(=O)OCCCO)C(=O)OCCC[Si](O)(O)O)C(=O)C=O. The van der Waals surface area contributed by atoms with Gasteiger partial charge in [0.15, 0.2) is 6.29 Å². The molecule has 10 nitrogen and oxygen atoms in total. The van der Waals surface area contributed by atoms with Gasteiger partial charge in [-0.25, -0.2) is 0 Å². The molecular weight excluding hydrogens is 440 g/mol. The molecule has 0 spiro atoms. The lowest BCUT2D eigenvalue weighted by Gasteiger charge is -2.39. The van der Waals surface area contributed by atoms with Crippen molar-refractivity contribution in [3.05, 3.63) is 0 Å². The number of carbonyl (C=O) groups excluding carboxylic acids is 4. The Morgan fingerprint density at radius 3 is 1.88 bits per heavy atom. The number of hydrogen-bond donors (Lipinski definition) is 4. The number of ether oxygens (including phenoxy) is 2. The van der Waals surface area contributed by atoms with Gasteiger partial charge >= 0.3 is 20.7 Å². The maximum atomic E-state index is 13.1. The molecule has 0 saturated carbocycles. The fourth-order valence-corrected chi connectivity index (χ4v) is 4.34. The van der Waals surface area contributed by atoms with Gasteiger partial charge in [0.1, 0.15) is 0 Å². The Labute approximate surface area is 190 Å². The van der Waals surface area contributed by atoms with Crippen molar-refractivity contribution in [2.75, 3.05) is 19.8 Å². The summed E-state index contributed by atoms with van der Waals surface area (Å²) in [6, 6.07) is -0.310. The highest BCUT2D eigenvalue weighted by molar-refractivity contribution is 6.56. The molecule has 0 radical (unpaired) electrons. The van der Waals surface area contributed by atoms with E-state index >= 15 is 0 Å². The third kappa shape index (κ3) is 9.86. The Morgan fingerprint density at radius 1 is 0.875 bits per heavy atom. The highest BCUT2D eigenvalue weighted by atomic mass is 28.4. The normalized spacial score (nSPS) is 15.9. The van der Waals surface area contributed by atoms with E-state index in [2.05, 4.69) is 0 Å². The van der Waals surface area contributed by atoms with Crippen molar-refractivity contribution >= 4 is 32.8 Å². The Balaban J connectivity index is 5.71. The van der Waals surface area contributed by atoms with E-state index in [0.717, 1.165) is 0 Å². The van der Waals surface area contributed by atoms with Crippen molar-refractivity contribution < 1.29 is 48.1 Å². The van der Waals surface area contributed by atoms with Crippen LogP contribution in [0.3, 0.4) is 0 Å². The maximum Gasteiger partial charge on any atom is 0.492 e. The molecule has 0 rings (SSSR count). The number of carbonyl (C=O) groups is 4. The van der Waals surface area contributed by atoms with Crippen LogP contribution in [0.5, 0.6) is 0 Å². The molecule has 0 aromatic carbocycles. The van der Waals surface area contributed by atoms with Crippen LogP contribution in [0, 0.1) is 16.2 Å². The second-order valence-corrected chi connectivity index (χ2v) is 11.5. The van der Waals surface area contributed by atoms with Gasteiger partial charge in [-0.1, -0.05) is 13.8 Å². The molecule has 0 saturated heterocycles. The third-order valence-electron chi connectivity index (χ3n) is 5.57. The molecule has 0 bridgehead atoms. The van der Waals surface area contributed by atoms with Gasteiger partial charge in [0.2, 0.25) is 5.78 Å². The van der Waals surface area contributed by atoms with Crippen LogP contribution >= 0.6 is 0 Å². The molecular formula is C21H38O10Si. The van der Waals surface area contributed by atoms with Crippen molar-refractivity contribution in [1.82, 2.24) is 0 Å². The molecule has 2 unspecified atom stereocenters. The summed E-state index contributed by atoms with van der Waals surface area (Å²) in [4.78, 5) is 76.4. The summed E-state index contributed by atoms with van der Waals surface area (Å²) < 4.78 is 10.5. The highest BCUT2D eigenvalue weighted by Crippen LogP contribution is 2.45. The van der Waals surface area contributed by atoms with E-state index in [4.69, 9.17) is 29.0 Å². The van der Waals surface area contributed by atoms with Crippen LogP contribution in [0.1, 0.15) is 66.7 Å². The van der Waals surface area contributed by atoms with E-state index in [1.165, 1.54) is 0 Å². The second kappa shape index (κ2) is 12.5. The monoisotopic (exact) mass is 478 g/mol. The van der Waals surface area contributed by atoms with Crippen LogP contribution in [0.2, 0.25) is 6.04 Å². The number of ketones is 1. The van der Waals surface area contributed by atoms with E-state index in [9.17, 15) is 19.2 Å². The summed E-state index contributed by atoms with van der Waals surface area (Å²) in [5.74, 6) is -1.96.